The van der Waals surface area contributed by atoms with Crippen LogP contribution in [0.15, 0.2) is 48.5 Å². The van der Waals surface area contributed by atoms with Crippen molar-refractivity contribution in [3.63, 3.8) is 0 Å². The SMILES string of the molecule is O=C(NCC1(O)CCOc2ccccc21)C(=O)Nc1cccc(Cl)c1. The van der Waals surface area contributed by atoms with E-state index in [1.54, 1.807) is 36.4 Å². The lowest BCUT2D eigenvalue weighted by Crippen LogP contribution is -2.46. The molecular weight excluding hydrogens is 344 g/mol. The minimum absolute atomic E-state index is 0.0881. The van der Waals surface area contributed by atoms with E-state index in [2.05, 4.69) is 10.6 Å². The van der Waals surface area contributed by atoms with Gasteiger partial charge < -0.3 is 20.5 Å². The summed E-state index contributed by atoms with van der Waals surface area (Å²) in [6.07, 6.45) is 0.320. The van der Waals surface area contributed by atoms with Crippen LogP contribution in [0.3, 0.4) is 0 Å². The Hall–Kier alpha value is -2.57. The van der Waals surface area contributed by atoms with E-state index in [1.807, 2.05) is 6.07 Å². The largest absolute Gasteiger partial charge is 0.493 e. The number of carbonyl (C=O) groups excluding carboxylic acids is 2. The molecule has 2 amide bonds. The van der Waals surface area contributed by atoms with Crippen LogP contribution in [0.1, 0.15) is 12.0 Å². The Balaban J connectivity index is 1.63. The Morgan fingerprint density at radius 1 is 1.16 bits per heavy atom. The summed E-state index contributed by atoms with van der Waals surface area (Å²) in [5.41, 5.74) is -0.263. The maximum atomic E-state index is 12.0. The molecule has 25 heavy (non-hydrogen) atoms. The lowest BCUT2D eigenvalue weighted by molar-refractivity contribution is -0.137. The monoisotopic (exact) mass is 360 g/mol. The minimum atomic E-state index is -1.28. The van der Waals surface area contributed by atoms with Crippen LogP contribution in [0.2, 0.25) is 5.02 Å². The molecule has 7 heteroatoms. The van der Waals surface area contributed by atoms with Crippen LogP contribution in [0.5, 0.6) is 5.75 Å². The van der Waals surface area contributed by atoms with Gasteiger partial charge in [0.15, 0.2) is 0 Å². The fourth-order valence-corrected chi connectivity index (χ4v) is 2.88. The van der Waals surface area contributed by atoms with Crippen molar-refractivity contribution in [1.29, 1.82) is 0 Å². The highest BCUT2D eigenvalue weighted by Gasteiger charge is 2.36. The Kier molecular flexibility index (Phi) is 4.92. The molecule has 3 N–H and O–H groups in total. The van der Waals surface area contributed by atoms with Crippen LogP contribution in [0.4, 0.5) is 5.69 Å². The quantitative estimate of drug-likeness (QED) is 0.731. The van der Waals surface area contributed by atoms with Gasteiger partial charge in [0.05, 0.1) is 13.2 Å². The number of anilines is 1. The normalized spacial score (nSPS) is 18.6. The van der Waals surface area contributed by atoms with Gasteiger partial charge >= 0.3 is 11.8 Å². The number of carbonyl (C=O) groups is 2. The Morgan fingerprint density at radius 3 is 2.76 bits per heavy atom. The summed E-state index contributed by atoms with van der Waals surface area (Å²) in [4.78, 5) is 24.0. The van der Waals surface area contributed by atoms with Gasteiger partial charge in [0.1, 0.15) is 11.4 Å². The number of aliphatic hydroxyl groups is 1. The molecule has 1 heterocycles. The topological polar surface area (TPSA) is 87.7 Å². The molecule has 0 bridgehead atoms. The first kappa shape index (κ1) is 17.3. The zero-order chi connectivity index (χ0) is 17.9. The molecule has 1 unspecified atom stereocenters. The van der Waals surface area contributed by atoms with Gasteiger partial charge in [-0.3, -0.25) is 9.59 Å². The molecule has 0 aliphatic carbocycles. The highest BCUT2D eigenvalue weighted by Crippen LogP contribution is 2.36. The molecule has 0 spiro atoms. The maximum absolute atomic E-state index is 12.0. The first-order valence-electron chi connectivity index (χ1n) is 7.77. The zero-order valence-electron chi connectivity index (χ0n) is 13.3. The predicted molar refractivity (Wildman–Crippen MR) is 93.5 cm³/mol. The van der Waals surface area contributed by atoms with Gasteiger partial charge in [0.2, 0.25) is 0 Å². The van der Waals surface area contributed by atoms with Gasteiger partial charge in [-0.25, -0.2) is 0 Å². The number of hydrogen-bond donors (Lipinski definition) is 3. The Labute approximate surface area is 149 Å². The molecule has 130 valence electrons. The third-order valence-corrected chi connectivity index (χ3v) is 4.23. The van der Waals surface area contributed by atoms with E-state index in [1.165, 1.54) is 6.07 Å². The van der Waals surface area contributed by atoms with Crippen molar-refractivity contribution in [2.45, 2.75) is 12.0 Å². The van der Waals surface area contributed by atoms with Gasteiger partial charge in [-0.2, -0.15) is 0 Å². The number of rotatable bonds is 3. The summed E-state index contributed by atoms with van der Waals surface area (Å²) in [5.74, 6) is -1.09. The van der Waals surface area contributed by atoms with Crippen LogP contribution in [0.25, 0.3) is 0 Å². The lowest BCUT2D eigenvalue weighted by atomic mass is 9.88. The summed E-state index contributed by atoms with van der Waals surface area (Å²) in [6, 6.07) is 13.6. The van der Waals surface area contributed by atoms with Gasteiger partial charge in [-0.05, 0) is 24.3 Å². The number of ether oxygens (including phenoxy) is 1. The summed E-state index contributed by atoms with van der Waals surface area (Å²) >= 11 is 5.84. The van der Waals surface area contributed by atoms with E-state index in [0.717, 1.165) is 0 Å². The van der Waals surface area contributed by atoms with Crippen molar-refractivity contribution in [2.24, 2.45) is 0 Å². The minimum Gasteiger partial charge on any atom is -0.493 e. The van der Waals surface area contributed by atoms with Crippen molar-refractivity contribution < 1.29 is 19.4 Å². The average Bonchev–Trinajstić information content (AvgIpc) is 2.60. The van der Waals surface area contributed by atoms with Crippen molar-refractivity contribution in [2.75, 3.05) is 18.5 Å². The van der Waals surface area contributed by atoms with Crippen LogP contribution in [0, 0.1) is 0 Å². The van der Waals surface area contributed by atoms with Crippen molar-refractivity contribution in [3.8, 4) is 5.75 Å². The van der Waals surface area contributed by atoms with E-state index in [9.17, 15) is 14.7 Å². The molecule has 2 aromatic rings. The molecule has 0 radical (unpaired) electrons. The maximum Gasteiger partial charge on any atom is 0.313 e. The van der Waals surface area contributed by atoms with Crippen LogP contribution >= 0.6 is 11.6 Å². The average molecular weight is 361 g/mol. The third kappa shape index (κ3) is 3.92. The summed E-state index contributed by atoms with van der Waals surface area (Å²) in [5, 5.41) is 16.2. The molecule has 0 fully saturated rings. The number of amides is 2. The highest BCUT2D eigenvalue weighted by atomic mass is 35.5. The fraction of sp³-hybridized carbons (Fsp3) is 0.222. The van der Waals surface area contributed by atoms with Gasteiger partial charge in [0.25, 0.3) is 0 Å². The molecule has 0 aromatic heterocycles. The second-order valence-corrected chi connectivity index (χ2v) is 6.21. The smallest absolute Gasteiger partial charge is 0.313 e. The fourth-order valence-electron chi connectivity index (χ4n) is 2.69. The van der Waals surface area contributed by atoms with Crippen molar-refractivity contribution in [3.05, 3.63) is 59.1 Å². The summed E-state index contributed by atoms with van der Waals surface area (Å²) in [7, 11) is 0. The van der Waals surface area contributed by atoms with Gasteiger partial charge in [-0.1, -0.05) is 35.9 Å². The molecule has 0 saturated carbocycles. The molecule has 1 aliphatic rings. The second kappa shape index (κ2) is 7.13. The highest BCUT2D eigenvalue weighted by molar-refractivity contribution is 6.39. The number of nitrogens with one attached hydrogen (secondary N) is 2. The Bertz CT molecular complexity index is 811. The van der Waals surface area contributed by atoms with Crippen LogP contribution < -0.4 is 15.4 Å². The molecular formula is C18H17ClN2O4. The van der Waals surface area contributed by atoms with Gasteiger partial charge in [-0.15, -0.1) is 0 Å². The van der Waals surface area contributed by atoms with E-state index in [0.29, 0.717) is 35.1 Å². The van der Waals surface area contributed by atoms with Crippen molar-refractivity contribution >= 4 is 29.1 Å². The number of hydrogen-bond acceptors (Lipinski definition) is 4. The number of halogens is 1. The molecule has 0 saturated heterocycles. The summed E-state index contributed by atoms with van der Waals surface area (Å²) < 4.78 is 5.50. The van der Waals surface area contributed by atoms with E-state index >= 15 is 0 Å². The lowest BCUT2D eigenvalue weighted by Gasteiger charge is -2.34. The van der Waals surface area contributed by atoms with Crippen LogP contribution in [-0.4, -0.2) is 30.1 Å². The number of fused-ring (bicyclic) bond motifs is 1. The molecule has 3 rings (SSSR count). The predicted octanol–water partition coefficient (Wildman–Crippen LogP) is 2.06. The van der Waals surface area contributed by atoms with Gasteiger partial charge in [0, 0.05) is 22.7 Å². The first-order valence-corrected chi connectivity index (χ1v) is 8.15. The van der Waals surface area contributed by atoms with Crippen molar-refractivity contribution in [1.82, 2.24) is 5.32 Å². The first-order chi connectivity index (χ1) is 12.0. The van der Waals surface area contributed by atoms with E-state index < -0.39 is 17.4 Å². The third-order valence-electron chi connectivity index (χ3n) is 3.99. The van der Waals surface area contributed by atoms with Crippen LogP contribution in [-0.2, 0) is 15.2 Å². The Morgan fingerprint density at radius 2 is 1.96 bits per heavy atom. The number of para-hydroxylation sites is 1. The van der Waals surface area contributed by atoms with E-state index in [4.69, 9.17) is 16.3 Å². The molecule has 1 aliphatic heterocycles. The summed E-state index contributed by atoms with van der Waals surface area (Å²) in [6.45, 7) is 0.243. The molecule has 6 nitrogen and oxygen atoms in total. The molecule has 1 atom stereocenters. The van der Waals surface area contributed by atoms with E-state index in [-0.39, 0.29) is 6.54 Å². The molecule has 2 aromatic carbocycles. The second-order valence-electron chi connectivity index (χ2n) is 5.77. The number of benzene rings is 2. The zero-order valence-corrected chi connectivity index (χ0v) is 14.0. The standard InChI is InChI=1S/C18H17ClN2O4/c19-12-4-3-5-13(10-12)21-17(23)16(22)20-11-18(24)8-9-25-15-7-2-1-6-14(15)18/h1-7,10,24H,8-9,11H2,(H,20,22)(H,21,23).